The molecular formula is C12H6F3IO4. The lowest BCUT2D eigenvalue weighted by Gasteiger charge is -2.15. The van der Waals surface area contributed by atoms with Gasteiger partial charge in [-0.1, -0.05) is 24.3 Å². The Hall–Kier alpha value is -1.71. The topological polar surface area (TPSA) is 55.8 Å². The number of carboxylic acid groups (broad SMARTS) is 1. The molecule has 2 aromatic rings. The Bertz CT molecular complexity index is 670. The molecule has 0 amide bonds. The lowest BCUT2D eigenvalue weighted by atomic mass is 10.0. The molecule has 106 valence electrons. The summed E-state index contributed by atoms with van der Waals surface area (Å²) in [5, 5.41) is 9.86. The number of alkyl halides is 3. The van der Waals surface area contributed by atoms with Gasteiger partial charge in [-0.2, -0.15) is 0 Å². The zero-order chi connectivity index (χ0) is 14.9. The zero-order valence-electron chi connectivity index (χ0n) is 9.57. The molecule has 2 rings (SSSR count). The highest BCUT2D eigenvalue weighted by Gasteiger charge is 2.34. The molecule has 0 heterocycles. The van der Waals surface area contributed by atoms with E-state index in [1.807, 2.05) is 0 Å². The van der Waals surface area contributed by atoms with Crippen LogP contribution >= 0.6 is 23.0 Å². The van der Waals surface area contributed by atoms with Crippen molar-refractivity contribution in [2.45, 2.75) is 6.36 Å². The van der Waals surface area contributed by atoms with Crippen LogP contribution in [0.3, 0.4) is 0 Å². The highest BCUT2D eigenvalue weighted by molar-refractivity contribution is 14.1. The van der Waals surface area contributed by atoms with Crippen molar-refractivity contribution in [2.24, 2.45) is 0 Å². The van der Waals surface area contributed by atoms with E-state index in [0.717, 1.165) is 6.07 Å². The number of hydrogen-bond acceptors (Lipinski definition) is 3. The van der Waals surface area contributed by atoms with Gasteiger partial charge in [-0.3, -0.25) is 0 Å². The van der Waals surface area contributed by atoms with Gasteiger partial charge in [0.25, 0.3) is 0 Å². The zero-order valence-corrected chi connectivity index (χ0v) is 11.7. The van der Waals surface area contributed by atoms with Gasteiger partial charge in [0.1, 0.15) is 11.3 Å². The minimum atomic E-state index is -4.99. The summed E-state index contributed by atoms with van der Waals surface area (Å²) in [6.07, 6.45) is -4.99. The fourth-order valence-corrected chi connectivity index (χ4v) is 2.23. The minimum Gasteiger partial charge on any atom is -0.477 e. The Labute approximate surface area is 124 Å². The molecule has 0 aliphatic rings. The lowest BCUT2D eigenvalue weighted by molar-refractivity contribution is -0.274. The molecule has 0 saturated heterocycles. The molecule has 0 aliphatic carbocycles. The third kappa shape index (κ3) is 2.89. The molecular weight excluding hydrogens is 392 g/mol. The Morgan fingerprint density at radius 3 is 2.45 bits per heavy atom. The number of benzene rings is 2. The van der Waals surface area contributed by atoms with Crippen LogP contribution < -0.4 is 7.80 Å². The predicted molar refractivity (Wildman–Crippen MR) is 72.2 cm³/mol. The van der Waals surface area contributed by atoms with Crippen LogP contribution in [-0.2, 0) is 0 Å². The van der Waals surface area contributed by atoms with E-state index in [1.54, 1.807) is 18.2 Å². The van der Waals surface area contributed by atoms with E-state index in [4.69, 9.17) is 8.17 Å². The third-order valence-corrected chi connectivity index (χ3v) is 2.92. The summed E-state index contributed by atoms with van der Waals surface area (Å²) < 4.78 is 45.8. The largest absolute Gasteiger partial charge is 0.573 e. The van der Waals surface area contributed by atoms with Gasteiger partial charge in [0.2, 0.25) is 0 Å². The van der Waals surface area contributed by atoms with Gasteiger partial charge in [0.15, 0.2) is 28.8 Å². The van der Waals surface area contributed by atoms with Crippen molar-refractivity contribution < 1.29 is 30.9 Å². The minimum absolute atomic E-state index is 0.185. The second kappa shape index (κ2) is 5.35. The van der Waals surface area contributed by atoms with Crippen LogP contribution in [0.1, 0.15) is 10.4 Å². The smallest absolute Gasteiger partial charge is 0.477 e. The summed E-state index contributed by atoms with van der Waals surface area (Å²) in [7, 11) is 0. The fraction of sp³-hybridized carbons (Fsp3) is 0.0833. The monoisotopic (exact) mass is 398 g/mol. The van der Waals surface area contributed by atoms with Crippen LogP contribution in [0.4, 0.5) is 13.2 Å². The second-order valence-corrected chi connectivity index (χ2v) is 4.17. The highest BCUT2D eigenvalue weighted by Crippen LogP contribution is 2.39. The standard InChI is InChI=1S/C12H6F3IO4/c13-12(14,15)19-8-5-6-3-1-2-4-7(6)10(20-16)9(8)11(17)18/h1-5H,(H,17,18). The molecule has 0 spiro atoms. The number of carbonyl (C=O) groups is 1. The van der Waals surface area contributed by atoms with Crippen LogP contribution in [0.25, 0.3) is 10.8 Å². The molecule has 0 saturated carbocycles. The van der Waals surface area contributed by atoms with Gasteiger partial charge in [-0.25, -0.2) is 4.79 Å². The van der Waals surface area contributed by atoms with Gasteiger partial charge in [0, 0.05) is 5.39 Å². The molecule has 0 radical (unpaired) electrons. The van der Waals surface area contributed by atoms with E-state index in [9.17, 15) is 18.0 Å². The van der Waals surface area contributed by atoms with E-state index in [-0.39, 0.29) is 5.75 Å². The van der Waals surface area contributed by atoms with E-state index in [2.05, 4.69) is 4.74 Å². The lowest BCUT2D eigenvalue weighted by Crippen LogP contribution is -2.19. The third-order valence-electron chi connectivity index (χ3n) is 2.48. The fourth-order valence-electron chi connectivity index (χ4n) is 1.78. The number of hydrogen-bond donors (Lipinski definition) is 1. The number of aromatic carboxylic acids is 1. The summed E-state index contributed by atoms with van der Waals surface area (Å²) in [6.45, 7) is 0. The van der Waals surface area contributed by atoms with Gasteiger partial charge < -0.3 is 12.9 Å². The van der Waals surface area contributed by atoms with E-state index in [0.29, 0.717) is 10.8 Å². The van der Waals surface area contributed by atoms with E-state index in [1.165, 1.54) is 29.1 Å². The molecule has 4 nitrogen and oxygen atoms in total. The van der Waals surface area contributed by atoms with Crippen molar-refractivity contribution in [1.29, 1.82) is 0 Å². The number of halogens is 4. The molecule has 8 heteroatoms. The number of ether oxygens (including phenoxy) is 1. The van der Waals surface area contributed by atoms with E-state index >= 15 is 0 Å². The van der Waals surface area contributed by atoms with Crippen molar-refractivity contribution in [3.05, 3.63) is 35.9 Å². The normalized spacial score (nSPS) is 11.4. The quantitative estimate of drug-likeness (QED) is 0.789. The molecule has 0 aromatic heterocycles. The molecule has 2 aromatic carbocycles. The van der Waals surface area contributed by atoms with Crippen LogP contribution in [0.2, 0.25) is 0 Å². The van der Waals surface area contributed by atoms with Crippen LogP contribution in [-0.4, -0.2) is 17.4 Å². The summed E-state index contributed by atoms with van der Waals surface area (Å²) in [5.41, 5.74) is -0.671. The van der Waals surface area contributed by atoms with Crippen molar-refractivity contribution in [3.63, 3.8) is 0 Å². The maximum absolute atomic E-state index is 12.4. The number of carboxylic acids is 1. The van der Waals surface area contributed by atoms with Crippen LogP contribution in [0.15, 0.2) is 30.3 Å². The Kier molecular flexibility index (Phi) is 3.93. The van der Waals surface area contributed by atoms with Gasteiger partial charge in [0.05, 0.1) is 0 Å². The predicted octanol–water partition coefficient (Wildman–Crippen LogP) is 4.17. The first-order chi connectivity index (χ1) is 9.33. The van der Waals surface area contributed by atoms with Gasteiger partial charge in [-0.05, 0) is 11.5 Å². The molecule has 0 bridgehead atoms. The van der Waals surface area contributed by atoms with Gasteiger partial charge in [-0.15, -0.1) is 13.2 Å². The molecule has 0 atom stereocenters. The Morgan fingerprint density at radius 1 is 1.25 bits per heavy atom. The molecule has 1 N–H and O–H groups in total. The van der Waals surface area contributed by atoms with Crippen molar-refractivity contribution in [3.8, 4) is 11.5 Å². The first-order valence-corrected chi connectivity index (χ1v) is 6.05. The first kappa shape index (κ1) is 14.7. The Morgan fingerprint density at radius 2 is 1.90 bits per heavy atom. The number of rotatable bonds is 3. The Balaban J connectivity index is 2.78. The molecule has 0 aliphatic heterocycles. The van der Waals surface area contributed by atoms with Crippen molar-refractivity contribution >= 4 is 39.7 Å². The van der Waals surface area contributed by atoms with E-state index < -0.39 is 23.6 Å². The van der Waals surface area contributed by atoms with Gasteiger partial charge >= 0.3 is 12.3 Å². The van der Waals surface area contributed by atoms with Crippen LogP contribution in [0, 0.1) is 0 Å². The van der Waals surface area contributed by atoms with Crippen molar-refractivity contribution in [1.82, 2.24) is 0 Å². The summed E-state index contributed by atoms with van der Waals surface area (Å²) >= 11 is 1.41. The maximum atomic E-state index is 12.4. The highest BCUT2D eigenvalue weighted by atomic mass is 127. The summed E-state index contributed by atoms with van der Waals surface area (Å²) in [5.74, 6) is -2.56. The molecule has 0 fully saturated rings. The van der Waals surface area contributed by atoms with Crippen LogP contribution in [0.5, 0.6) is 11.5 Å². The first-order valence-electron chi connectivity index (χ1n) is 5.17. The van der Waals surface area contributed by atoms with Crippen molar-refractivity contribution in [2.75, 3.05) is 0 Å². The molecule has 20 heavy (non-hydrogen) atoms. The SMILES string of the molecule is O=C(O)c1c(OC(F)(F)F)cc2ccccc2c1OI. The maximum Gasteiger partial charge on any atom is 0.573 e. The average molecular weight is 398 g/mol. The summed E-state index contributed by atoms with van der Waals surface area (Å²) in [4.78, 5) is 11.2. The second-order valence-electron chi connectivity index (χ2n) is 3.73. The molecule has 0 unspecified atom stereocenters. The number of fused-ring (bicyclic) bond motifs is 1. The summed E-state index contributed by atoms with van der Waals surface area (Å²) in [6, 6.07) is 7.33. The average Bonchev–Trinajstić information content (AvgIpc) is 2.34.